The first-order valence-electron chi connectivity index (χ1n) is 3.76. The molecule has 0 unspecified atom stereocenters. The second-order valence-electron chi connectivity index (χ2n) is 2.89. The molecule has 0 bridgehead atoms. The average Bonchev–Trinajstić information content (AvgIpc) is 2.13. The van der Waals surface area contributed by atoms with Crippen molar-refractivity contribution in [3.05, 3.63) is 0 Å². The monoisotopic (exact) mass is 279 g/mol. The predicted octanol–water partition coefficient (Wildman–Crippen LogP) is -2.28. The minimum absolute atomic E-state index is 0.120. The molecule has 1 saturated heterocycles. The summed E-state index contributed by atoms with van der Waals surface area (Å²) in [5, 5.41) is 3.88. The molecular weight excluding hydrogens is 274 g/mol. The van der Waals surface area contributed by atoms with Crippen LogP contribution in [0, 0.1) is 0 Å². The number of hydrogen-bond donors (Lipinski definition) is 0. The van der Waals surface area contributed by atoms with Crippen LogP contribution in [0.5, 0.6) is 0 Å². The molecule has 0 amide bonds. The Kier molecular flexibility index (Phi) is 5.68. The van der Waals surface area contributed by atoms with E-state index < -0.39 is 0 Å². The van der Waals surface area contributed by atoms with Crippen LogP contribution in [0.3, 0.4) is 0 Å². The molecule has 13 heavy (non-hydrogen) atoms. The molecule has 0 atom stereocenters. The predicted molar refractivity (Wildman–Crippen MR) is 70.3 cm³/mol. The molecule has 1 fully saturated rings. The van der Waals surface area contributed by atoms with Crippen LogP contribution in [-0.4, -0.2) is 83.7 Å². The van der Waals surface area contributed by atoms with Crippen molar-refractivity contribution in [3.63, 3.8) is 0 Å². The standard InChI is InChI=1S/CH2.3Al.B3Cl3N3.4H/c;;;;4-1-7-2(5)9-3(6)8-1;;;;/h1H2;;;;;;;;/q;3*+1;-3;;;;. The third-order valence-electron chi connectivity index (χ3n) is 2.05. The molecular formula is CH6Al3B3Cl3N3. The molecule has 0 spiro atoms. The summed E-state index contributed by atoms with van der Waals surface area (Å²) in [6.45, 7) is 0. The first kappa shape index (κ1) is 13.3. The van der Waals surface area contributed by atoms with Gasteiger partial charge >= 0.3 is 118 Å². The molecule has 1 aliphatic rings. The molecule has 1 aliphatic heterocycles. The van der Waals surface area contributed by atoms with E-state index in [2.05, 4.69) is 5.39 Å². The second kappa shape index (κ2) is 5.54. The molecule has 1 heterocycles. The van der Waals surface area contributed by atoms with E-state index in [-0.39, 0.29) is 34.2 Å². The van der Waals surface area contributed by atoms with Crippen LogP contribution in [0.1, 0.15) is 0 Å². The van der Waals surface area contributed by atoms with E-state index in [4.69, 9.17) is 34.4 Å². The van der Waals surface area contributed by atoms with Gasteiger partial charge in [0.05, 0.1) is 0 Å². The fourth-order valence-electron chi connectivity index (χ4n) is 1.19. The zero-order valence-electron chi connectivity index (χ0n) is 7.49. The van der Waals surface area contributed by atoms with Crippen molar-refractivity contribution in [2.45, 2.75) is 0 Å². The average molecular weight is 280 g/mol. The van der Waals surface area contributed by atoms with E-state index in [1.54, 1.807) is 0 Å². The zero-order chi connectivity index (χ0) is 10.2. The topological polar surface area (TPSA) is 9.72 Å². The fraction of sp³-hybridized carbons (Fsp3) is 0. The molecule has 3 nitrogen and oxygen atoms in total. The first-order chi connectivity index (χ1) is 6.00. The molecule has 0 aromatic heterocycles. The Morgan fingerprint density at radius 3 is 1.69 bits per heavy atom. The number of nitrogens with zero attached hydrogens (tertiary/aromatic N) is 3. The Morgan fingerprint density at radius 2 is 1.38 bits per heavy atom. The van der Waals surface area contributed by atoms with Gasteiger partial charge in [0.2, 0.25) is 0 Å². The van der Waals surface area contributed by atoms with Crippen LogP contribution >= 0.6 is 34.4 Å². The summed E-state index contributed by atoms with van der Waals surface area (Å²) in [5.74, 6) is 0. The van der Waals surface area contributed by atoms with Gasteiger partial charge < -0.3 is 0 Å². The van der Waals surface area contributed by atoms with Gasteiger partial charge in [0, 0.05) is 0 Å². The maximum absolute atomic E-state index is 6.18. The molecule has 0 aromatic rings. The molecule has 0 saturated carbocycles. The second-order valence-corrected chi connectivity index (χ2v) is 7.09. The zero-order valence-corrected chi connectivity index (χ0v) is 14.9. The Hall–Kier alpha value is 2.25. The normalized spacial score (nSPS) is 20.8. The molecule has 64 valence electrons. The number of halogens is 3. The van der Waals surface area contributed by atoms with E-state index in [0.29, 0.717) is 0 Å². The Labute approximate surface area is 117 Å². The Morgan fingerprint density at radius 1 is 1.00 bits per heavy atom. The molecule has 0 aliphatic carbocycles. The van der Waals surface area contributed by atoms with Crippen molar-refractivity contribution in [2.24, 2.45) is 0 Å². The summed E-state index contributed by atoms with van der Waals surface area (Å²) in [6, 6.07) is 0. The van der Waals surface area contributed by atoms with Gasteiger partial charge in [-0.2, -0.15) is 0 Å². The summed E-state index contributed by atoms with van der Waals surface area (Å²) in [5.41, 5.74) is 0. The van der Waals surface area contributed by atoms with E-state index in [1.165, 1.54) is 0 Å². The molecule has 0 N–H and O–H groups in total. The molecule has 0 aromatic carbocycles. The van der Waals surface area contributed by atoms with Crippen molar-refractivity contribution in [1.29, 1.82) is 0 Å². The van der Waals surface area contributed by atoms with Crippen LogP contribution in [-0.2, 0) is 0 Å². The summed E-state index contributed by atoms with van der Waals surface area (Å²) in [6.07, 6.45) is -0.519. The van der Waals surface area contributed by atoms with Gasteiger partial charge in [-0.3, -0.25) is 0 Å². The summed E-state index contributed by atoms with van der Waals surface area (Å²) in [4.78, 5) is 0. The molecule has 0 radical (unpaired) electrons. The van der Waals surface area contributed by atoms with Crippen LogP contribution in [0.15, 0.2) is 0 Å². The van der Waals surface area contributed by atoms with Crippen molar-refractivity contribution in [1.82, 2.24) is 11.1 Å². The fourth-order valence-corrected chi connectivity index (χ4v) is 5.50. The minimum atomic E-state index is -0.186. The third-order valence-corrected chi connectivity index (χ3v) is 8.36. The van der Waals surface area contributed by atoms with Crippen LogP contribution in [0.2, 0.25) is 0 Å². The van der Waals surface area contributed by atoms with Crippen molar-refractivity contribution < 1.29 is 0 Å². The Balaban J connectivity index is 2.85. The van der Waals surface area contributed by atoms with Crippen LogP contribution in [0.4, 0.5) is 0 Å². The van der Waals surface area contributed by atoms with Crippen LogP contribution < -0.4 is 0 Å². The number of hydrogen-bond acceptors (Lipinski definition) is 3. The third kappa shape index (κ3) is 2.68. The summed E-state index contributed by atoms with van der Waals surface area (Å²) >= 11 is 20.0. The van der Waals surface area contributed by atoms with Gasteiger partial charge in [-0.05, 0) is 0 Å². The number of rotatable bonds is 1. The summed E-state index contributed by atoms with van der Waals surface area (Å²) < 4.78 is 6.00. The van der Waals surface area contributed by atoms with E-state index in [0.717, 1.165) is 33.0 Å². The maximum atomic E-state index is 6.18. The van der Waals surface area contributed by atoms with Crippen molar-refractivity contribution in [3.8, 4) is 0 Å². The van der Waals surface area contributed by atoms with Crippen molar-refractivity contribution in [2.75, 3.05) is 0 Å². The van der Waals surface area contributed by atoms with E-state index in [1.807, 2.05) is 11.1 Å². The first-order valence-corrected chi connectivity index (χ1v) is 8.20. The quantitative estimate of drug-likeness (QED) is 0.501. The van der Waals surface area contributed by atoms with E-state index in [9.17, 15) is 0 Å². The summed E-state index contributed by atoms with van der Waals surface area (Å²) in [7, 11) is 0. The van der Waals surface area contributed by atoms with Crippen molar-refractivity contribution >= 4 is 107 Å². The van der Waals surface area contributed by atoms with Gasteiger partial charge in [0.1, 0.15) is 0 Å². The Bertz CT molecular complexity index is 196. The van der Waals surface area contributed by atoms with E-state index >= 15 is 0 Å². The van der Waals surface area contributed by atoms with Gasteiger partial charge in [0.15, 0.2) is 0 Å². The van der Waals surface area contributed by atoms with Gasteiger partial charge in [0.25, 0.3) is 0 Å². The van der Waals surface area contributed by atoms with Gasteiger partial charge in [-0.15, -0.1) is 0 Å². The van der Waals surface area contributed by atoms with Gasteiger partial charge in [-0.25, -0.2) is 0 Å². The van der Waals surface area contributed by atoms with Gasteiger partial charge in [-0.1, -0.05) is 0 Å². The van der Waals surface area contributed by atoms with Crippen LogP contribution in [0.25, 0.3) is 0 Å². The SMILES string of the molecule is [CH2]=[Al][N]1B(Cl)[N]([AlH2])B(Cl)[N]([AlH2])B1Cl. The molecule has 1 rings (SSSR count). The molecule has 12 heteroatoms.